The van der Waals surface area contributed by atoms with Crippen molar-refractivity contribution in [1.82, 2.24) is 9.97 Å². The predicted octanol–water partition coefficient (Wildman–Crippen LogP) is 3.69. The van der Waals surface area contributed by atoms with Crippen molar-refractivity contribution in [1.29, 1.82) is 0 Å². The van der Waals surface area contributed by atoms with E-state index in [2.05, 4.69) is 41.4 Å². The molecule has 0 spiro atoms. The molecule has 0 amide bonds. The average Bonchev–Trinajstić information content (AvgIpc) is 2.99. The van der Waals surface area contributed by atoms with Crippen molar-refractivity contribution in [3.63, 3.8) is 0 Å². The highest BCUT2D eigenvalue weighted by atomic mass is 127. The SMILES string of the molecule is CCC(CC)(OC)c1nc(C2CCCC2)c(I)c(=O)[nH]1. The van der Waals surface area contributed by atoms with Crippen LogP contribution in [0.2, 0.25) is 0 Å². The second kappa shape index (κ2) is 6.56. The monoisotopic (exact) mass is 390 g/mol. The van der Waals surface area contributed by atoms with Gasteiger partial charge in [0.2, 0.25) is 0 Å². The number of nitrogens with zero attached hydrogens (tertiary/aromatic N) is 1. The van der Waals surface area contributed by atoms with Gasteiger partial charge in [0.05, 0.1) is 9.26 Å². The first-order chi connectivity index (χ1) is 9.57. The molecule has 1 saturated carbocycles. The smallest absolute Gasteiger partial charge is 0.264 e. The Morgan fingerprint density at radius 3 is 2.45 bits per heavy atom. The van der Waals surface area contributed by atoms with E-state index in [0.717, 1.165) is 34.9 Å². The molecule has 0 aromatic carbocycles. The molecule has 0 unspecified atom stereocenters. The van der Waals surface area contributed by atoms with Crippen molar-refractivity contribution < 1.29 is 4.74 Å². The molecular weight excluding hydrogens is 367 g/mol. The highest BCUT2D eigenvalue weighted by Gasteiger charge is 2.33. The minimum atomic E-state index is -0.475. The predicted molar refractivity (Wildman–Crippen MR) is 88.1 cm³/mol. The lowest BCUT2D eigenvalue weighted by Crippen LogP contribution is -2.33. The van der Waals surface area contributed by atoms with Crippen LogP contribution in [0.3, 0.4) is 0 Å². The first-order valence-electron chi connectivity index (χ1n) is 7.43. The summed E-state index contributed by atoms with van der Waals surface area (Å²) < 4.78 is 6.45. The third-order valence-electron chi connectivity index (χ3n) is 4.59. The molecule has 1 aliphatic rings. The van der Waals surface area contributed by atoms with E-state index in [9.17, 15) is 4.79 Å². The van der Waals surface area contributed by atoms with Crippen LogP contribution in [0.4, 0.5) is 0 Å². The zero-order valence-electron chi connectivity index (χ0n) is 12.5. The maximum absolute atomic E-state index is 12.3. The molecule has 112 valence electrons. The second-order valence-electron chi connectivity index (χ2n) is 5.50. The van der Waals surface area contributed by atoms with E-state index in [1.165, 1.54) is 12.8 Å². The normalized spacial score (nSPS) is 16.8. The molecule has 1 N–H and O–H groups in total. The van der Waals surface area contributed by atoms with E-state index >= 15 is 0 Å². The van der Waals surface area contributed by atoms with Crippen LogP contribution in [0.15, 0.2) is 4.79 Å². The Balaban J connectivity index is 2.52. The lowest BCUT2D eigenvalue weighted by atomic mass is 9.95. The van der Waals surface area contributed by atoms with Crippen LogP contribution in [-0.2, 0) is 10.3 Å². The minimum absolute atomic E-state index is 0.0270. The fourth-order valence-electron chi connectivity index (χ4n) is 3.13. The second-order valence-corrected chi connectivity index (χ2v) is 6.58. The van der Waals surface area contributed by atoms with Gasteiger partial charge in [-0.25, -0.2) is 4.98 Å². The number of hydrogen-bond donors (Lipinski definition) is 1. The first kappa shape index (κ1) is 15.9. The van der Waals surface area contributed by atoms with E-state index in [1.54, 1.807) is 7.11 Å². The van der Waals surface area contributed by atoms with E-state index in [4.69, 9.17) is 9.72 Å². The third-order valence-corrected chi connectivity index (χ3v) is 5.64. The number of methoxy groups -OCH3 is 1. The van der Waals surface area contributed by atoms with Crippen LogP contribution in [-0.4, -0.2) is 17.1 Å². The summed E-state index contributed by atoms with van der Waals surface area (Å²) in [5.74, 6) is 1.13. The van der Waals surface area contributed by atoms with Gasteiger partial charge in [-0.3, -0.25) is 4.79 Å². The van der Waals surface area contributed by atoms with Crippen LogP contribution >= 0.6 is 22.6 Å². The van der Waals surface area contributed by atoms with Gasteiger partial charge in [0.1, 0.15) is 11.4 Å². The summed E-state index contributed by atoms with van der Waals surface area (Å²) in [6, 6.07) is 0. The summed E-state index contributed by atoms with van der Waals surface area (Å²) >= 11 is 2.13. The largest absolute Gasteiger partial charge is 0.370 e. The number of nitrogens with one attached hydrogen (secondary N) is 1. The topological polar surface area (TPSA) is 55.0 Å². The fourth-order valence-corrected chi connectivity index (χ4v) is 3.83. The Hall–Kier alpha value is -0.430. The van der Waals surface area contributed by atoms with Crippen molar-refractivity contribution >= 4 is 22.6 Å². The number of H-pyrrole nitrogens is 1. The zero-order chi connectivity index (χ0) is 14.8. The van der Waals surface area contributed by atoms with Crippen LogP contribution in [0, 0.1) is 3.57 Å². The maximum atomic E-state index is 12.3. The van der Waals surface area contributed by atoms with Gasteiger partial charge in [-0.1, -0.05) is 26.7 Å². The average molecular weight is 390 g/mol. The minimum Gasteiger partial charge on any atom is -0.370 e. The molecule has 0 radical (unpaired) electrons. The molecular formula is C15H23IN2O2. The molecule has 1 aromatic rings. The van der Waals surface area contributed by atoms with Crippen molar-refractivity contribution in [3.05, 3.63) is 25.4 Å². The van der Waals surface area contributed by atoms with Gasteiger partial charge in [-0.05, 0) is 48.3 Å². The molecule has 1 aromatic heterocycles. The molecule has 1 aliphatic carbocycles. The van der Waals surface area contributed by atoms with Gasteiger partial charge in [0.15, 0.2) is 0 Å². The Labute approximate surface area is 133 Å². The van der Waals surface area contributed by atoms with Crippen LogP contribution in [0.25, 0.3) is 0 Å². The fraction of sp³-hybridized carbons (Fsp3) is 0.733. The van der Waals surface area contributed by atoms with Crippen molar-refractivity contribution in [2.45, 2.75) is 63.9 Å². The van der Waals surface area contributed by atoms with Crippen molar-refractivity contribution in [2.75, 3.05) is 7.11 Å². The van der Waals surface area contributed by atoms with Gasteiger partial charge < -0.3 is 9.72 Å². The summed E-state index contributed by atoms with van der Waals surface area (Å²) in [5, 5.41) is 0. The van der Waals surface area contributed by atoms with E-state index in [0.29, 0.717) is 11.7 Å². The summed E-state index contributed by atoms with van der Waals surface area (Å²) in [7, 11) is 1.69. The summed E-state index contributed by atoms with van der Waals surface area (Å²) in [6.07, 6.45) is 6.36. The van der Waals surface area contributed by atoms with Crippen LogP contribution in [0.5, 0.6) is 0 Å². The van der Waals surface area contributed by atoms with Gasteiger partial charge in [-0.15, -0.1) is 0 Å². The standard InChI is InChI=1S/C15H23IN2O2/c1-4-15(5-2,20-3)14-17-12(10-8-6-7-9-10)11(16)13(19)18-14/h10H,4-9H2,1-3H3,(H,17,18,19). The first-order valence-corrected chi connectivity index (χ1v) is 8.51. The summed E-state index contributed by atoms with van der Waals surface area (Å²) in [6.45, 7) is 4.14. The quantitative estimate of drug-likeness (QED) is 0.781. The Morgan fingerprint density at radius 2 is 1.95 bits per heavy atom. The molecule has 0 bridgehead atoms. The van der Waals surface area contributed by atoms with E-state index in [1.807, 2.05) is 0 Å². The van der Waals surface area contributed by atoms with Gasteiger partial charge in [0.25, 0.3) is 5.56 Å². The summed E-state index contributed by atoms with van der Waals surface area (Å²) in [5.41, 5.74) is 0.475. The summed E-state index contributed by atoms with van der Waals surface area (Å²) in [4.78, 5) is 20.0. The number of aromatic nitrogens is 2. The molecule has 20 heavy (non-hydrogen) atoms. The lowest BCUT2D eigenvalue weighted by molar-refractivity contribution is -0.0296. The number of hydrogen-bond acceptors (Lipinski definition) is 3. The van der Waals surface area contributed by atoms with Crippen LogP contribution in [0.1, 0.15) is 69.8 Å². The van der Waals surface area contributed by atoms with Gasteiger partial charge in [0, 0.05) is 13.0 Å². The molecule has 1 fully saturated rings. The number of rotatable bonds is 5. The van der Waals surface area contributed by atoms with Crippen LogP contribution < -0.4 is 5.56 Å². The van der Waals surface area contributed by atoms with Crippen molar-refractivity contribution in [3.8, 4) is 0 Å². The lowest BCUT2D eigenvalue weighted by Gasteiger charge is -2.29. The van der Waals surface area contributed by atoms with E-state index in [-0.39, 0.29) is 5.56 Å². The Kier molecular flexibility index (Phi) is 5.23. The molecule has 0 atom stereocenters. The zero-order valence-corrected chi connectivity index (χ0v) is 14.6. The molecule has 0 aliphatic heterocycles. The number of ether oxygens (including phenoxy) is 1. The molecule has 0 saturated heterocycles. The van der Waals surface area contributed by atoms with Gasteiger partial charge >= 0.3 is 0 Å². The molecule has 1 heterocycles. The molecule has 2 rings (SSSR count). The molecule has 4 nitrogen and oxygen atoms in total. The maximum Gasteiger partial charge on any atom is 0.264 e. The highest BCUT2D eigenvalue weighted by molar-refractivity contribution is 14.1. The number of aromatic amines is 1. The van der Waals surface area contributed by atoms with E-state index < -0.39 is 5.60 Å². The molecule has 5 heteroatoms. The highest BCUT2D eigenvalue weighted by Crippen LogP contribution is 2.36. The Morgan fingerprint density at radius 1 is 1.35 bits per heavy atom. The van der Waals surface area contributed by atoms with Gasteiger partial charge in [-0.2, -0.15) is 0 Å². The number of halogens is 1. The third kappa shape index (κ3) is 2.79. The Bertz CT molecular complexity index is 509. The van der Waals surface area contributed by atoms with Crippen molar-refractivity contribution in [2.24, 2.45) is 0 Å².